The smallest absolute Gasteiger partial charge is 0.329 e. The predicted molar refractivity (Wildman–Crippen MR) is 202 cm³/mol. The molecule has 2 aromatic rings. The molecule has 3 aliphatic carbocycles. The van der Waals surface area contributed by atoms with Gasteiger partial charge in [-0.1, -0.05) is 39.0 Å². The third-order valence-corrected chi connectivity index (χ3v) is 12.0. The van der Waals surface area contributed by atoms with Crippen LogP contribution in [0, 0.1) is 29.1 Å². The lowest BCUT2D eigenvalue weighted by atomic mass is 9.45. The minimum atomic E-state index is -0.924. The Labute approximate surface area is 313 Å². The van der Waals surface area contributed by atoms with Gasteiger partial charge in [0.25, 0.3) is 5.91 Å². The van der Waals surface area contributed by atoms with E-state index in [1.807, 2.05) is 57.4 Å². The van der Waals surface area contributed by atoms with Gasteiger partial charge in [0.15, 0.2) is 0 Å². The molecule has 0 aromatic heterocycles. The van der Waals surface area contributed by atoms with Crippen LogP contribution in [-0.2, 0) is 25.7 Å². The molecule has 2 amide bonds. The maximum atomic E-state index is 14.2. The number of hydrogen-bond acceptors (Lipinski definition) is 11. The van der Waals surface area contributed by atoms with Gasteiger partial charge in [-0.05, 0) is 80.8 Å². The number of nitrogens with zero attached hydrogens (tertiary/aromatic N) is 3. The van der Waals surface area contributed by atoms with E-state index in [1.165, 1.54) is 13.5 Å². The number of hydroxylamine groups is 2. The molecule has 2 aromatic carbocycles. The number of anilines is 1. The molecule has 1 aliphatic heterocycles. The van der Waals surface area contributed by atoms with Gasteiger partial charge >= 0.3 is 5.97 Å². The maximum absolute atomic E-state index is 14.2. The van der Waals surface area contributed by atoms with Crippen molar-refractivity contribution in [3.8, 4) is 16.9 Å². The second-order valence-corrected chi connectivity index (χ2v) is 16.2. The number of nitrogens with one attached hydrogen (secondary N) is 2. The summed E-state index contributed by atoms with van der Waals surface area (Å²) in [7, 11) is 10.2. The van der Waals surface area contributed by atoms with Crippen LogP contribution < -0.4 is 20.3 Å². The molecule has 4 aliphatic rings. The van der Waals surface area contributed by atoms with Gasteiger partial charge in [-0.15, -0.1) is 0 Å². The van der Waals surface area contributed by atoms with E-state index >= 15 is 0 Å². The number of carbonyl (C=O) groups is 3. The van der Waals surface area contributed by atoms with Crippen LogP contribution in [0.5, 0.6) is 5.75 Å². The topological polar surface area (TPSA) is 153 Å². The number of fused-ring (bicyclic) bond motifs is 2. The van der Waals surface area contributed by atoms with E-state index in [-0.39, 0.29) is 37.1 Å². The average Bonchev–Trinajstić information content (AvgIpc) is 3.49. The molecular formula is C40H59N5O8. The van der Waals surface area contributed by atoms with Crippen molar-refractivity contribution in [2.24, 2.45) is 29.1 Å². The van der Waals surface area contributed by atoms with Crippen LogP contribution in [0.1, 0.15) is 56.5 Å². The zero-order valence-corrected chi connectivity index (χ0v) is 32.9. The van der Waals surface area contributed by atoms with E-state index in [4.69, 9.17) is 14.3 Å². The summed E-state index contributed by atoms with van der Waals surface area (Å²) in [6.45, 7) is 8.51. The fourth-order valence-electron chi connectivity index (χ4n) is 8.91. The number of carbonyl (C=O) groups excluding carboxylic acids is 3. The van der Waals surface area contributed by atoms with E-state index in [2.05, 4.69) is 31.4 Å². The highest BCUT2D eigenvalue weighted by molar-refractivity contribution is 5.99. The van der Waals surface area contributed by atoms with Crippen molar-refractivity contribution in [3.63, 3.8) is 0 Å². The van der Waals surface area contributed by atoms with Gasteiger partial charge in [-0.2, -0.15) is 5.06 Å². The van der Waals surface area contributed by atoms with E-state index in [1.54, 1.807) is 36.1 Å². The highest BCUT2D eigenvalue weighted by Crippen LogP contribution is 2.61. The van der Waals surface area contributed by atoms with Gasteiger partial charge in [-0.3, -0.25) is 14.4 Å². The highest BCUT2D eigenvalue weighted by Gasteiger charge is 2.57. The van der Waals surface area contributed by atoms with Crippen LogP contribution in [-0.4, -0.2) is 124 Å². The maximum Gasteiger partial charge on any atom is 0.329 e. The molecule has 0 unspecified atom stereocenters. The monoisotopic (exact) mass is 737 g/mol. The lowest BCUT2D eigenvalue weighted by Gasteiger charge is -2.62. The molecule has 13 heteroatoms. The minimum Gasteiger partial charge on any atom is -0.496 e. The Bertz CT molecular complexity index is 1650. The second-order valence-electron chi connectivity index (χ2n) is 16.2. The Morgan fingerprint density at radius 2 is 1.81 bits per heavy atom. The van der Waals surface area contributed by atoms with Crippen molar-refractivity contribution >= 4 is 23.5 Å². The summed E-state index contributed by atoms with van der Waals surface area (Å²) < 4.78 is 11.0. The molecule has 4 N–H and O–H groups in total. The Morgan fingerprint density at radius 3 is 2.38 bits per heavy atom. The van der Waals surface area contributed by atoms with Gasteiger partial charge in [0.05, 0.1) is 33.5 Å². The molecular weight excluding hydrogens is 678 g/mol. The number of hydrogen-bond donors (Lipinski definition) is 4. The average molecular weight is 738 g/mol. The lowest BCUT2D eigenvalue weighted by Crippen LogP contribution is -2.62. The number of amides is 2. The fourth-order valence-corrected chi connectivity index (χ4v) is 8.91. The van der Waals surface area contributed by atoms with Gasteiger partial charge in [0, 0.05) is 55.0 Å². The Hall–Kier alpha value is -3.75. The van der Waals surface area contributed by atoms with Gasteiger partial charge in [-0.25, -0.2) is 4.79 Å². The fraction of sp³-hybridized carbons (Fsp3) is 0.625. The first-order valence-electron chi connectivity index (χ1n) is 18.6. The predicted octanol–water partition coefficient (Wildman–Crippen LogP) is 2.92. The standard InChI is InChI=1S/C40H59N5O8/c1-22-30-17-27(40(30,3)4)18-31(22)41-38(49)35-34(23(2)47)33(21-46)53-45(35)19-24-12-11-13-29(36(24)51-9)25-14-26(16-28(15-25)44(7)8)37(48)42-32(20-43(5)6)39(50)52-10/h11-16,22-23,27,30-35,46-47H,17-21H2,1-10H3,(H,41,49)(H,42,48)/t22-,23-,27+,30-,31-,32+,33-,34+,35-/m0/s1. The molecule has 0 spiro atoms. The van der Waals surface area contributed by atoms with Crippen LogP contribution in [0.2, 0.25) is 0 Å². The quantitative estimate of drug-likeness (QED) is 0.212. The van der Waals surface area contributed by atoms with Crippen molar-refractivity contribution in [2.45, 2.75) is 77.4 Å². The normalized spacial score (nSPS) is 27.4. The summed E-state index contributed by atoms with van der Waals surface area (Å²) in [5.74, 6) is 0.0450. The number of methoxy groups -OCH3 is 2. The third-order valence-electron chi connectivity index (χ3n) is 12.0. The number of benzene rings is 2. The number of rotatable bonds is 14. The molecule has 4 fully saturated rings. The van der Waals surface area contributed by atoms with E-state index in [0.29, 0.717) is 45.8 Å². The molecule has 53 heavy (non-hydrogen) atoms. The number of ether oxygens (including phenoxy) is 2. The minimum absolute atomic E-state index is 0.0166. The number of esters is 1. The van der Waals surface area contributed by atoms with Gasteiger partial charge < -0.3 is 40.1 Å². The zero-order valence-electron chi connectivity index (χ0n) is 32.9. The van der Waals surface area contributed by atoms with Crippen LogP contribution in [0.25, 0.3) is 11.1 Å². The summed E-state index contributed by atoms with van der Waals surface area (Å²) in [5, 5.41) is 29.0. The molecule has 0 radical (unpaired) electrons. The van der Waals surface area contributed by atoms with E-state index in [9.17, 15) is 24.6 Å². The van der Waals surface area contributed by atoms with Crippen molar-refractivity contribution in [1.82, 2.24) is 20.6 Å². The lowest BCUT2D eigenvalue weighted by molar-refractivity contribution is -0.183. The van der Waals surface area contributed by atoms with E-state index in [0.717, 1.165) is 12.1 Å². The van der Waals surface area contributed by atoms with Crippen molar-refractivity contribution in [3.05, 3.63) is 47.5 Å². The molecule has 6 rings (SSSR count). The van der Waals surface area contributed by atoms with Crippen molar-refractivity contribution in [2.75, 3.05) is 60.5 Å². The summed E-state index contributed by atoms with van der Waals surface area (Å²) in [6, 6.07) is 9.38. The molecule has 9 atom stereocenters. The largest absolute Gasteiger partial charge is 0.496 e. The van der Waals surface area contributed by atoms with Crippen LogP contribution in [0.4, 0.5) is 5.69 Å². The summed E-state index contributed by atoms with van der Waals surface area (Å²) in [6.07, 6.45) is 0.391. The third kappa shape index (κ3) is 8.19. The first-order chi connectivity index (χ1) is 25.0. The van der Waals surface area contributed by atoms with Gasteiger partial charge in [0.2, 0.25) is 5.91 Å². The Kier molecular flexibility index (Phi) is 12.4. The van der Waals surface area contributed by atoms with Crippen LogP contribution in [0.3, 0.4) is 0 Å². The number of likely N-dealkylation sites (N-methyl/N-ethyl adjacent to an activating group) is 1. The summed E-state index contributed by atoms with van der Waals surface area (Å²) >= 11 is 0. The molecule has 2 bridgehead atoms. The van der Waals surface area contributed by atoms with Gasteiger partial charge in [0.1, 0.15) is 23.9 Å². The zero-order chi connectivity index (χ0) is 38.9. The number of para-hydroxylation sites is 1. The highest BCUT2D eigenvalue weighted by atomic mass is 16.7. The first-order valence-corrected chi connectivity index (χ1v) is 18.6. The van der Waals surface area contributed by atoms with Crippen molar-refractivity contribution in [1.29, 1.82) is 0 Å². The van der Waals surface area contributed by atoms with Crippen LogP contribution in [0.15, 0.2) is 36.4 Å². The molecule has 1 saturated heterocycles. The van der Waals surface area contributed by atoms with Crippen molar-refractivity contribution < 1.29 is 38.9 Å². The molecule has 292 valence electrons. The van der Waals surface area contributed by atoms with E-state index < -0.39 is 42.1 Å². The first kappa shape index (κ1) is 40.4. The number of aliphatic hydroxyl groups is 2. The second kappa shape index (κ2) is 16.3. The summed E-state index contributed by atoms with van der Waals surface area (Å²) in [4.78, 5) is 50.3. The SMILES string of the molecule is COC(=O)[C@@H](CN(C)C)NC(=O)c1cc(-c2cccc(CN3O[C@@H](CO)[C@@H]([C@H](C)O)[C@H]3C(=O)N[C@H]3C[C@H]4C[C@@H]([C@@H]3C)C4(C)C)c2OC)cc(N(C)C)c1. The molecule has 13 nitrogen and oxygen atoms in total. The summed E-state index contributed by atoms with van der Waals surface area (Å²) in [5.41, 5.74) is 3.46. The Morgan fingerprint density at radius 1 is 1.09 bits per heavy atom. The Balaban J connectivity index is 1.46. The molecule has 1 heterocycles. The molecule has 3 saturated carbocycles. The van der Waals surface area contributed by atoms with Crippen LogP contribution >= 0.6 is 0 Å². The number of aliphatic hydroxyl groups excluding tert-OH is 2.